The maximum absolute atomic E-state index is 11.2. The third kappa shape index (κ3) is 2.72. The first-order valence-electron chi connectivity index (χ1n) is 4.37. The van der Waals surface area contributed by atoms with Crippen LogP contribution in [0.2, 0.25) is 0 Å². The Morgan fingerprint density at radius 3 is 2.64 bits per heavy atom. The minimum atomic E-state index is -0.506. The summed E-state index contributed by atoms with van der Waals surface area (Å²) in [7, 11) is 0. The van der Waals surface area contributed by atoms with Gasteiger partial charge in [0.05, 0.1) is 0 Å². The molecule has 0 saturated carbocycles. The zero-order valence-corrected chi connectivity index (χ0v) is 8.16. The molecule has 6 nitrogen and oxygen atoms in total. The second kappa shape index (κ2) is 4.08. The Bertz CT molecular complexity index is 275. The molecule has 0 unspecified atom stereocenters. The topological polar surface area (TPSA) is 78.5 Å². The average Bonchev–Trinajstić information content (AvgIpc) is 2.28. The van der Waals surface area contributed by atoms with Gasteiger partial charge in [-0.25, -0.2) is 4.79 Å². The van der Waals surface area contributed by atoms with Crippen LogP contribution in [-0.4, -0.2) is 41.9 Å². The molecular weight excluding hydrogens is 186 g/mol. The van der Waals surface area contributed by atoms with Crippen molar-refractivity contribution in [2.24, 2.45) is 0 Å². The van der Waals surface area contributed by atoms with Crippen LogP contribution < -0.4 is 10.6 Å². The first kappa shape index (κ1) is 10.5. The largest absolute Gasteiger partial charge is 0.352 e. The number of carbonyl (C=O) groups excluding carboxylic acids is 3. The van der Waals surface area contributed by atoms with Crippen LogP contribution in [-0.2, 0) is 9.59 Å². The molecule has 6 heteroatoms. The molecule has 2 N–H and O–H groups in total. The Morgan fingerprint density at radius 1 is 1.57 bits per heavy atom. The number of hydrogen-bond donors (Lipinski definition) is 2. The highest BCUT2D eigenvalue weighted by Crippen LogP contribution is 1.97. The van der Waals surface area contributed by atoms with Crippen molar-refractivity contribution < 1.29 is 14.4 Å². The lowest BCUT2D eigenvalue weighted by Crippen LogP contribution is -2.41. The van der Waals surface area contributed by atoms with Crippen LogP contribution in [0, 0.1) is 0 Å². The van der Waals surface area contributed by atoms with Crippen LogP contribution >= 0.6 is 0 Å². The molecule has 4 amide bonds. The van der Waals surface area contributed by atoms with E-state index in [0.717, 1.165) is 0 Å². The summed E-state index contributed by atoms with van der Waals surface area (Å²) in [5.74, 6) is -0.628. The fourth-order valence-electron chi connectivity index (χ4n) is 1.15. The molecule has 0 aromatic carbocycles. The monoisotopic (exact) mass is 199 g/mol. The SMILES string of the molecule is CC(C)NC(=O)CN1CC(=O)NC1=O. The van der Waals surface area contributed by atoms with Crippen molar-refractivity contribution >= 4 is 17.8 Å². The fourth-order valence-corrected chi connectivity index (χ4v) is 1.15. The van der Waals surface area contributed by atoms with Crippen molar-refractivity contribution in [2.75, 3.05) is 13.1 Å². The second-order valence-electron chi connectivity index (χ2n) is 3.43. The second-order valence-corrected chi connectivity index (χ2v) is 3.43. The molecule has 1 aliphatic rings. The summed E-state index contributed by atoms with van der Waals surface area (Å²) in [5.41, 5.74) is 0. The van der Waals surface area contributed by atoms with Crippen LogP contribution in [0.3, 0.4) is 0 Å². The Balaban J connectivity index is 2.41. The van der Waals surface area contributed by atoms with E-state index in [1.165, 1.54) is 4.90 Å². The highest BCUT2D eigenvalue weighted by molar-refractivity contribution is 6.03. The van der Waals surface area contributed by atoms with Crippen LogP contribution in [0.1, 0.15) is 13.8 Å². The standard InChI is InChI=1S/C8H13N3O3/c1-5(2)9-6(12)3-11-4-7(13)10-8(11)14/h5H,3-4H2,1-2H3,(H,9,12)(H,10,13,14). The van der Waals surface area contributed by atoms with E-state index in [2.05, 4.69) is 10.6 Å². The molecule has 0 radical (unpaired) electrons. The predicted molar refractivity (Wildman–Crippen MR) is 48.4 cm³/mol. The highest BCUT2D eigenvalue weighted by atomic mass is 16.2. The van der Waals surface area contributed by atoms with E-state index in [9.17, 15) is 14.4 Å². The van der Waals surface area contributed by atoms with Crippen LogP contribution in [0.15, 0.2) is 0 Å². The summed E-state index contributed by atoms with van der Waals surface area (Å²) in [6, 6.07) is -0.474. The highest BCUT2D eigenvalue weighted by Gasteiger charge is 2.28. The van der Waals surface area contributed by atoms with Crippen LogP contribution in [0.5, 0.6) is 0 Å². The van der Waals surface area contributed by atoms with Gasteiger partial charge in [-0.05, 0) is 13.8 Å². The molecule has 0 bridgehead atoms. The lowest BCUT2D eigenvalue weighted by Gasteiger charge is -2.14. The lowest BCUT2D eigenvalue weighted by molar-refractivity contribution is -0.122. The normalized spacial score (nSPS) is 16.1. The molecule has 14 heavy (non-hydrogen) atoms. The summed E-state index contributed by atoms with van der Waals surface area (Å²) in [4.78, 5) is 34.2. The molecule has 0 spiro atoms. The van der Waals surface area contributed by atoms with Gasteiger partial charge >= 0.3 is 6.03 Å². The predicted octanol–water partition coefficient (Wildman–Crippen LogP) is -0.937. The lowest BCUT2D eigenvalue weighted by atomic mass is 10.4. The third-order valence-electron chi connectivity index (χ3n) is 1.65. The Hall–Kier alpha value is -1.59. The quantitative estimate of drug-likeness (QED) is 0.576. The Kier molecular flexibility index (Phi) is 3.06. The maximum Gasteiger partial charge on any atom is 0.325 e. The smallest absolute Gasteiger partial charge is 0.325 e. The first-order chi connectivity index (χ1) is 6.49. The van der Waals surface area contributed by atoms with Crippen LogP contribution in [0.4, 0.5) is 4.79 Å². The van der Waals surface area contributed by atoms with E-state index in [-0.39, 0.29) is 30.9 Å². The van der Waals surface area contributed by atoms with E-state index in [0.29, 0.717) is 0 Å². The average molecular weight is 199 g/mol. The molecule has 1 saturated heterocycles. The summed E-state index contributed by atoms with van der Waals surface area (Å²) in [6.45, 7) is 3.54. The molecular formula is C8H13N3O3. The Morgan fingerprint density at radius 2 is 2.21 bits per heavy atom. The van der Waals surface area contributed by atoms with Gasteiger partial charge in [0.1, 0.15) is 13.1 Å². The molecule has 1 aliphatic heterocycles. The van der Waals surface area contributed by atoms with Crippen molar-refractivity contribution in [2.45, 2.75) is 19.9 Å². The summed E-state index contributed by atoms with van der Waals surface area (Å²) >= 11 is 0. The number of imide groups is 1. The molecule has 1 fully saturated rings. The van der Waals surface area contributed by atoms with E-state index in [4.69, 9.17) is 0 Å². The maximum atomic E-state index is 11.2. The number of hydrogen-bond acceptors (Lipinski definition) is 3. The van der Waals surface area contributed by atoms with Crippen molar-refractivity contribution in [3.05, 3.63) is 0 Å². The number of nitrogens with zero attached hydrogens (tertiary/aromatic N) is 1. The van der Waals surface area contributed by atoms with Gasteiger partial charge < -0.3 is 10.2 Å². The van der Waals surface area contributed by atoms with Gasteiger partial charge in [-0.15, -0.1) is 0 Å². The minimum absolute atomic E-state index is 0.0314. The molecule has 0 atom stereocenters. The van der Waals surface area contributed by atoms with Gasteiger partial charge in [-0.3, -0.25) is 14.9 Å². The van der Waals surface area contributed by atoms with Gasteiger partial charge in [-0.2, -0.15) is 0 Å². The van der Waals surface area contributed by atoms with E-state index in [1.807, 2.05) is 13.8 Å². The van der Waals surface area contributed by atoms with Gasteiger partial charge in [0, 0.05) is 6.04 Å². The van der Waals surface area contributed by atoms with Gasteiger partial charge in [0.25, 0.3) is 0 Å². The molecule has 78 valence electrons. The fraction of sp³-hybridized carbons (Fsp3) is 0.625. The van der Waals surface area contributed by atoms with Crippen molar-refractivity contribution in [3.8, 4) is 0 Å². The number of urea groups is 1. The van der Waals surface area contributed by atoms with E-state index < -0.39 is 6.03 Å². The summed E-state index contributed by atoms with van der Waals surface area (Å²) in [5, 5.41) is 4.73. The molecule has 0 aromatic heterocycles. The number of amides is 4. The number of nitrogens with one attached hydrogen (secondary N) is 2. The molecule has 1 rings (SSSR count). The van der Waals surface area contributed by atoms with E-state index >= 15 is 0 Å². The van der Waals surface area contributed by atoms with Gasteiger partial charge in [0.15, 0.2) is 0 Å². The van der Waals surface area contributed by atoms with Crippen LogP contribution in [0.25, 0.3) is 0 Å². The zero-order valence-electron chi connectivity index (χ0n) is 8.16. The van der Waals surface area contributed by atoms with E-state index in [1.54, 1.807) is 0 Å². The third-order valence-corrected chi connectivity index (χ3v) is 1.65. The molecule has 0 aromatic rings. The summed E-state index contributed by atoms with van der Waals surface area (Å²) < 4.78 is 0. The van der Waals surface area contributed by atoms with Crippen molar-refractivity contribution in [3.63, 3.8) is 0 Å². The van der Waals surface area contributed by atoms with Gasteiger partial charge in [0.2, 0.25) is 11.8 Å². The van der Waals surface area contributed by atoms with Crippen molar-refractivity contribution in [1.82, 2.24) is 15.5 Å². The molecule has 0 aliphatic carbocycles. The van der Waals surface area contributed by atoms with Crippen molar-refractivity contribution in [1.29, 1.82) is 0 Å². The number of carbonyl (C=O) groups is 3. The number of rotatable bonds is 3. The zero-order chi connectivity index (χ0) is 10.7. The van der Waals surface area contributed by atoms with Gasteiger partial charge in [-0.1, -0.05) is 0 Å². The molecule has 1 heterocycles. The minimum Gasteiger partial charge on any atom is -0.352 e. The Labute approximate surface area is 81.6 Å². The first-order valence-corrected chi connectivity index (χ1v) is 4.37. The summed E-state index contributed by atoms with van der Waals surface area (Å²) in [6.07, 6.45) is 0.